The quantitative estimate of drug-likeness (QED) is 0.380. The van der Waals surface area contributed by atoms with Crippen LogP contribution in [0.25, 0.3) is 11.3 Å². The van der Waals surface area contributed by atoms with Gasteiger partial charge in [-0.25, -0.2) is 22.9 Å². The molecule has 2 aromatic heterocycles. The Balaban J connectivity index is 1.55. The number of pyridine rings is 2. The molecule has 0 saturated heterocycles. The van der Waals surface area contributed by atoms with Crippen LogP contribution < -0.4 is 10.6 Å². The Hall–Kier alpha value is -3.95. The fourth-order valence-electron chi connectivity index (χ4n) is 4.97. The molecule has 0 spiro atoms. The smallest absolute Gasteiger partial charge is 0.407 e. The zero-order valence-electron chi connectivity index (χ0n) is 22.2. The zero-order chi connectivity index (χ0) is 28.3. The van der Waals surface area contributed by atoms with Gasteiger partial charge in [-0.15, -0.1) is 0 Å². The number of hydrogen-bond acceptors (Lipinski definition) is 5. The van der Waals surface area contributed by atoms with Crippen LogP contribution >= 0.6 is 0 Å². The SMILES string of the molecule is C[C@H]1C[C@@H](NC(=O)OC(C)(C)C)C[C@@H](c2ccncc2NC(=O)c2ccc(F)c(-c3c(F)cccc3F)n2)C1. The van der Waals surface area contributed by atoms with Crippen LogP contribution in [0.3, 0.4) is 0 Å². The van der Waals surface area contributed by atoms with E-state index < -0.39 is 46.3 Å². The van der Waals surface area contributed by atoms with Crippen molar-refractivity contribution in [2.45, 2.75) is 64.5 Å². The van der Waals surface area contributed by atoms with Gasteiger partial charge < -0.3 is 15.4 Å². The van der Waals surface area contributed by atoms with E-state index in [1.54, 1.807) is 33.0 Å². The van der Waals surface area contributed by atoms with Crippen LogP contribution in [0.4, 0.5) is 23.7 Å². The second-order valence-corrected chi connectivity index (χ2v) is 10.9. The van der Waals surface area contributed by atoms with Crippen LogP contribution in [-0.2, 0) is 4.74 Å². The van der Waals surface area contributed by atoms with E-state index in [1.807, 2.05) is 0 Å². The van der Waals surface area contributed by atoms with Gasteiger partial charge in [-0.2, -0.15) is 0 Å². The number of alkyl carbamates (subject to hydrolysis) is 1. The lowest BCUT2D eigenvalue weighted by molar-refractivity contribution is 0.0482. The second kappa shape index (κ2) is 11.4. The summed E-state index contributed by atoms with van der Waals surface area (Å²) in [5.74, 6) is -3.34. The summed E-state index contributed by atoms with van der Waals surface area (Å²) in [5, 5.41) is 5.72. The molecule has 2 N–H and O–H groups in total. The van der Waals surface area contributed by atoms with E-state index in [0.29, 0.717) is 12.1 Å². The fourth-order valence-corrected chi connectivity index (χ4v) is 4.97. The number of anilines is 1. The molecular weight excluding hydrogens is 509 g/mol. The molecule has 1 aromatic carbocycles. The number of carbonyl (C=O) groups excluding carboxylic acids is 2. The number of aromatic nitrogens is 2. The van der Waals surface area contributed by atoms with Crippen LogP contribution in [-0.4, -0.2) is 33.6 Å². The van der Waals surface area contributed by atoms with Gasteiger partial charge >= 0.3 is 6.09 Å². The predicted molar refractivity (Wildman–Crippen MR) is 141 cm³/mol. The number of hydrogen-bond donors (Lipinski definition) is 2. The van der Waals surface area contributed by atoms with Crippen molar-refractivity contribution in [2.24, 2.45) is 5.92 Å². The molecule has 3 atom stereocenters. The number of nitrogens with one attached hydrogen (secondary N) is 2. The van der Waals surface area contributed by atoms with Crippen molar-refractivity contribution in [3.05, 3.63) is 77.5 Å². The maximum Gasteiger partial charge on any atom is 0.407 e. The predicted octanol–water partition coefficient (Wildman–Crippen LogP) is 6.61. The summed E-state index contributed by atoms with van der Waals surface area (Å²) in [6.45, 7) is 7.50. The number of ether oxygens (including phenoxy) is 1. The third kappa shape index (κ3) is 6.93. The number of nitrogens with zero attached hydrogens (tertiary/aromatic N) is 2. The highest BCUT2D eigenvalue weighted by molar-refractivity contribution is 6.03. The Morgan fingerprint density at radius 2 is 1.69 bits per heavy atom. The minimum atomic E-state index is -0.991. The van der Waals surface area contributed by atoms with Gasteiger partial charge in [0.2, 0.25) is 0 Å². The summed E-state index contributed by atoms with van der Waals surface area (Å²) < 4.78 is 48.5. The minimum absolute atomic E-state index is 0.00349. The van der Waals surface area contributed by atoms with Crippen LogP contribution in [0, 0.1) is 23.4 Å². The Bertz CT molecular complexity index is 1360. The van der Waals surface area contributed by atoms with Crippen molar-refractivity contribution in [3.63, 3.8) is 0 Å². The molecule has 3 aromatic rings. The van der Waals surface area contributed by atoms with Crippen molar-refractivity contribution in [2.75, 3.05) is 5.32 Å². The molecule has 7 nitrogen and oxygen atoms in total. The van der Waals surface area contributed by atoms with Crippen LogP contribution in [0.15, 0.2) is 48.8 Å². The first-order chi connectivity index (χ1) is 18.4. The van der Waals surface area contributed by atoms with E-state index in [2.05, 4.69) is 27.5 Å². The first-order valence-electron chi connectivity index (χ1n) is 12.8. The summed E-state index contributed by atoms with van der Waals surface area (Å²) in [6.07, 6.45) is 4.89. The first-order valence-corrected chi connectivity index (χ1v) is 12.8. The van der Waals surface area contributed by atoms with Gasteiger partial charge in [0.25, 0.3) is 5.91 Å². The lowest BCUT2D eigenvalue weighted by Crippen LogP contribution is -2.42. The fraction of sp³-hybridized carbons (Fsp3) is 0.379. The van der Waals surface area contributed by atoms with Crippen LogP contribution in [0.2, 0.25) is 0 Å². The van der Waals surface area contributed by atoms with Crippen LogP contribution in [0.5, 0.6) is 0 Å². The molecule has 0 radical (unpaired) electrons. The lowest BCUT2D eigenvalue weighted by atomic mass is 9.76. The largest absolute Gasteiger partial charge is 0.444 e. The monoisotopic (exact) mass is 540 g/mol. The number of amides is 2. The summed E-state index contributed by atoms with van der Waals surface area (Å²) >= 11 is 0. The molecule has 1 saturated carbocycles. The average molecular weight is 541 g/mol. The highest BCUT2D eigenvalue weighted by Crippen LogP contribution is 2.39. The summed E-state index contributed by atoms with van der Waals surface area (Å²) in [5.41, 5.74) is -0.817. The molecule has 1 aliphatic rings. The maximum absolute atomic E-state index is 14.5. The van der Waals surface area contributed by atoms with Crippen molar-refractivity contribution < 1.29 is 27.5 Å². The number of halogens is 3. The third-order valence-electron chi connectivity index (χ3n) is 6.48. The van der Waals surface area contributed by atoms with Crippen molar-refractivity contribution in [1.82, 2.24) is 15.3 Å². The summed E-state index contributed by atoms with van der Waals surface area (Å²) in [4.78, 5) is 33.6. The van der Waals surface area contributed by atoms with Gasteiger partial charge in [0.05, 0.1) is 17.4 Å². The summed E-state index contributed by atoms with van der Waals surface area (Å²) in [6, 6.07) is 6.92. The Morgan fingerprint density at radius 3 is 2.38 bits per heavy atom. The van der Waals surface area contributed by atoms with E-state index in [4.69, 9.17) is 4.74 Å². The Morgan fingerprint density at radius 1 is 0.974 bits per heavy atom. The van der Waals surface area contributed by atoms with Crippen LogP contribution in [0.1, 0.15) is 68.9 Å². The molecule has 1 aliphatic carbocycles. The molecule has 0 aliphatic heterocycles. The molecule has 0 unspecified atom stereocenters. The molecule has 1 fully saturated rings. The standard InChI is InChI=1S/C29H31F3N4O3/c1-16-12-17(14-18(13-16)34-28(38)39-29(2,3)4)19-10-11-33-15-24(19)36-27(37)23-9-8-22(32)26(35-23)25-20(30)6-5-7-21(25)31/h5-11,15-18H,12-14H2,1-4H3,(H,34,38)(H,36,37)/t16-,17+,18-/m1/s1. The Labute approximate surface area is 225 Å². The highest BCUT2D eigenvalue weighted by Gasteiger charge is 2.31. The molecule has 2 heterocycles. The van der Waals surface area contributed by atoms with E-state index >= 15 is 0 Å². The normalized spacial score (nSPS) is 19.3. The number of rotatable bonds is 5. The van der Waals surface area contributed by atoms with Gasteiger partial charge in [0.1, 0.15) is 34.4 Å². The van der Waals surface area contributed by atoms with E-state index in [-0.39, 0.29) is 23.6 Å². The van der Waals surface area contributed by atoms with Crippen molar-refractivity contribution in [1.29, 1.82) is 0 Å². The zero-order valence-corrected chi connectivity index (χ0v) is 22.2. The third-order valence-corrected chi connectivity index (χ3v) is 6.48. The molecular formula is C29H31F3N4O3. The molecule has 0 bridgehead atoms. The van der Waals surface area contributed by atoms with Gasteiger partial charge in [-0.3, -0.25) is 9.78 Å². The molecule has 206 valence electrons. The molecule has 10 heteroatoms. The van der Waals surface area contributed by atoms with Gasteiger partial charge in [0.15, 0.2) is 0 Å². The second-order valence-electron chi connectivity index (χ2n) is 10.9. The molecule has 2 amide bonds. The average Bonchev–Trinajstić information content (AvgIpc) is 2.83. The van der Waals surface area contributed by atoms with Crippen molar-refractivity contribution in [3.8, 4) is 11.3 Å². The highest BCUT2D eigenvalue weighted by atomic mass is 19.1. The van der Waals surface area contributed by atoms with E-state index in [0.717, 1.165) is 48.7 Å². The van der Waals surface area contributed by atoms with Crippen molar-refractivity contribution >= 4 is 17.7 Å². The van der Waals surface area contributed by atoms with Gasteiger partial charge in [-0.05, 0) is 87.8 Å². The molecule has 4 rings (SSSR count). The molecule has 39 heavy (non-hydrogen) atoms. The number of benzene rings is 1. The Kier molecular flexibility index (Phi) is 8.22. The topological polar surface area (TPSA) is 93.2 Å². The lowest BCUT2D eigenvalue weighted by Gasteiger charge is -2.35. The summed E-state index contributed by atoms with van der Waals surface area (Å²) in [7, 11) is 0. The van der Waals surface area contributed by atoms with E-state index in [1.165, 1.54) is 6.20 Å². The van der Waals surface area contributed by atoms with Gasteiger partial charge in [0, 0.05) is 12.2 Å². The maximum atomic E-state index is 14.5. The minimum Gasteiger partial charge on any atom is -0.444 e. The number of carbonyl (C=O) groups is 2. The van der Waals surface area contributed by atoms with Gasteiger partial charge in [-0.1, -0.05) is 13.0 Å². The first kappa shape index (κ1) is 28.1. The van der Waals surface area contributed by atoms with E-state index in [9.17, 15) is 22.8 Å².